The lowest BCUT2D eigenvalue weighted by Crippen LogP contribution is -2.26. The number of carbonyl (C=O) groups is 1. The maximum absolute atomic E-state index is 15.0. The third-order valence-corrected chi connectivity index (χ3v) is 7.71. The molecule has 0 aromatic heterocycles. The van der Waals surface area contributed by atoms with Crippen molar-refractivity contribution >= 4 is 5.97 Å². The summed E-state index contributed by atoms with van der Waals surface area (Å²) in [4.78, 5) is 12.6. The van der Waals surface area contributed by atoms with Gasteiger partial charge < -0.3 is 4.74 Å². The van der Waals surface area contributed by atoms with Crippen LogP contribution in [0.25, 0.3) is 0 Å². The lowest BCUT2D eigenvalue weighted by Gasteiger charge is -2.29. The summed E-state index contributed by atoms with van der Waals surface area (Å²) in [5, 5.41) is 0. The van der Waals surface area contributed by atoms with Crippen LogP contribution in [0.2, 0.25) is 0 Å². The van der Waals surface area contributed by atoms with Crippen LogP contribution in [-0.4, -0.2) is 5.97 Å². The predicted molar refractivity (Wildman–Crippen MR) is 123 cm³/mol. The van der Waals surface area contributed by atoms with Gasteiger partial charge in [0.2, 0.25) is 0 Å². The first-order valence-corrected chi connectivity index (χ1v) is 12.3. The molecule has 0 heterocycles. The highest BCUT2D eigenvalue weighted by atomic mass is 19.2. The molecule has 2 saturated carbocycles. The maximum Gasteiger partial charge on any atom is 0.314 e. The zero-order valence-corrected chi connectivity index (χ0v) is 19.5. The van der Waals surface area contributed by atoms with Gasteiger partial charge in [-0.15, -0.1) is 0 Å². The van der Waals surface area contributed by atoms with Crippen LogP contribution in [0.5, 0.6) is 5.75 Å². The summed E-state index contributed by atoms with van der Waals surface area (Å²) in [5.41, 5.74) is 1.76. The zero-order valence-electron chi connectivity index (χ0n) is 19.5. The zero-order chi connectivity index (χ0) is 23.5. The summed E-state index contributed by atoms with van der Waals surface area (Å²) in [6, 6.07) is 8.15. The van der Waals surface area contributed by atoms with E-state index in [4.69, 9.17) is 4.74 Å². The summed E-state index contributed by atoms with van der Waals surface area (Å²) in [6.45, 7) is 4.14. The first-order valence-electron chi connectivity index (χ1n) is 12.3. The fourth-order valence-electron chi connectivity index (χ4n) is 5.46. The number of rotatable bonds is 5. The van der Waals surface area contributed by atoms with Gasteiger partial charge in [0.1, 0.15) is 0 Å². The normalized spacial score (nSPS) is 25.6. The molecule has 0 aliphatic heterocycles. The molecule has 5 heteroatoms. The van der Waals surface area contributed by atoms with E-state index < -0.39 is 23.4 Å². The quantitative estimate of drug-likeness (QED) is 0.337. The minimum atomic E-state index is -0.727. The Morgan fingerprint density at radius 1 is 0.848 bits per heavy atom. The maximum atomic E-state index is 15.0. The van der Waals surface area contributed by atoms with Crippen molar-refractivity contribution in [2.24, 2.45) is 11.8 Å². The number of hydrogen-bond donors (Lipinski definition) is 0. The number of esters is 1. The molecule has 2 nitrogen and oxygen atoms in total. The number of halogens is 3. The van der Waals surface area contributed by atoms with E-state index in [0.717, 1.165) is 31.2 Å². The van der Waals surface area contributed by atoms with Gasteiger partial charge in [-0.25, -0.2) is 13.2 Å². The Hall–Kier alpha value is -2.30. The highest BCUT2D eigenvalue weighted by Gasteiger charge is 2.32. The molecule has 2 aromatic rings. The van der Waals surface area contributed by atoms with Gasteiger partial charge in [0.05, 0.1) is 5.92 Å². The average Bonchev–Trinajstić information content (AvgIpc) is 2.83. The second-order valence-electron chi connectivity index (χ2n) is 9.92. The molecule has 2 aliphatic rings. The molecule has 0 saturated heterocycles. The highest BCUT2D eigenvalue weighted by Crippen LogP contribution is 2.41. The smallest absolute Gasteiger partial charge is 0.314 e. The molecule has 0 amide bonds. The fourth-order valence-corrected chi connectivity index (χ4v) is 5.46. The summed E-state index contributed by atoms with van der Waals surface area (Å²) in [5.74, 6) is -2.20. The lowest BCUT2D eigenvalue weighted by molar-refractivity contribution is -0.140. The van der Waals surface area contributed by atoms with Crippen LogP contribution in [0.15, 0.2) is 30.3 Å². The van der Waals surface area contributed by atoms with E-state index in [0.29, 0.717) is 49.1 Å². The minimum Gasteiger partial charge on any atom is -0.423 e. The number of ether oxygens (including phenoxy) is 1. The summed E-state index contributed by atoms with van der Waals surface area (Å²) >= 11 is 0. The topological polar surface area (TPSA) is 26.3 Å². The van der Waals surface area contributed by atoms with Crippen LogP contribution in [0, 0.1) is 29.3 Å². The van der Waals surface area contributed by atoms with E-state index >= 15 is 4.39 Å². The number of hydrogen-bond acceptors (Lipinski definition) is 2. The molecular weight excluding hydrogens is 425 g/mol. The van der Waals surface area contributed by atoms with Crippen LogP contribution >= 0.6 is 0 Å². The van der Waals surface area contributed by atoms with Crippen molar-refractivity contribution in [1.29, 1.82) is 0 Å². The molecule has 178 valence electrons. The minimum absolute atomic E-state index is 0.0554. The van der Waals surface area contributed by atoms with Crippen molar-refractivity contribution in [2.75, 3.05) is 0 Å². The number of carbonyl (C=O) groups excluding carboxylic acids is 1. The van der Waals surface area contributed by atoms with Gasteiger partial charge in [-0.1, -0.05) is 44.9 Å². The Labute approximate surface area is 194 Å². The Bertz CT molecular complexity index is 987. The van der Waals surface area contributed by atoms with Gasteiger partial charge in [-0.3, -0.25) is 4.79 Å². The van der Waals surface area contributed by atoms with Crippen LogP contribution in [-0.2, 0) is 11.2 Å². The van der Waals surface area contributed by atoms with E-state index in [1.54, 1.807) is 18.2 Å². The van der Waals surface area contributed by atoms with Gasteiger partial charge in [-0.05, 0) is 91.5 Å². The largest absolute Gasteiger partial charge is 0.423 e. The van der Waals surface area contributed by atoms with Crippen molar-refractivity contribution in [1.82, 2.24) is 0 Å². The molecule has 33 heavy (non-hydrogen) atoms. The molecule has 0 N–H and O–H groups in total. The second kappa shape index (κ2) is 10.3. The Morgan fingerprint density at radius 3 is 1.91 bits per heavy atom. The molecule has 4 rings (SSSR count). The van der Waals surface area contributed by atoms with E-state index in [-0.39, 0.29) is 23.5 Å². The van der Waals surface area contributed by atoms with Crippen LogP contribution in [0.3, 0.4) is 0 Å². The van der Waals surface area contributed by atoms with Crippen molar-refractivity contribution < 1.29 is 22.7 Å². The second-order valence-corrected chi connectivity index (χ2v) is 9.92. The molecule has 0 bridgehead atoms. The van der Waals surface area contributed by atoms with E-state index in [1.165, 1.54) is 12.1 Å². The average molecular weight is 459 g/mol. The van der Waals surface area contributed by atoms with E-state index in [9.17, 15) is 13.6 Å². The van der Waals surface area contributed by atoms with E-state index in [1.807, 2.05) is 6.92 Å². The molecule has 0 radical (unpaired) electrons. The monoisotopic (exact) mass is 458 g/mol. The first kappa shape index (κ1) is 23.8. The summed E-state index contributed by atoms with van der Waals surface area (Å²) in [6.07, 6.45) is 6.82. The Balaban J connectivity index is 1.37. The standard InChI is InChI=1S/C28H33F3O2/c1-3-18-6-15-25(24(29)16-18)33-28(32)21-11-9-20(10-12-21)23-14-13-22(26(30)27(23)31)19-7-4-17(2)5-8-19/h6,13-17,19-21H,3-5,7-12H2,1-2H3. The fraction of sp³-hybridized carbons (Fsp3) is 0.536. The van der Waals surface area contributed by atoms with E-state index in [2.05, 4.69) is 6.92 Å². The lowest BCUT2D eigenvalue weighted by atomic mass is 9.76. The molecule has 2 aliphatic carbocycles. The van der Waals surface area contributed by atoms with Crippen molar-refractivity contribution in [3.8, 4) is 5.75 Å². The Kier molecular flexibility index (Phi) is 7.45. The molecule has 2 aromatic carbocycles. The third kappa shape index (κ3) is 5.28. The molecule has 2 fully saturated rings. The third-order valence-electron chi connectivity index (χ3n) is 7.71. The predicted octanol–water partition coefficient (Wildman–Crippen LogP) is 7.84. The van der Waals surface area contributed by atoms with Crippen LogP contribution < -0.4 is 4.74 Å². The van der Waals surface area contributed by atoms with Crippen LogP contribution in [0.1, 0.15) is 93.7 Å². The highest BCUT2D eigenvalue weighted by molar-refractivity contribution is 5.75. The van der Waals surface area contributed by atoms with Crippen molar-refractivity contribution in [3.63, 3.8) is 0 Å². The Morgan fingerprint density at radius 2 is 1.39 bits per heavy atom. The first-order chi connectivity index (χ1) is 15.9. The molecule has 0 atom stereocenters. The summed E-state index contributed by atoms with van der Waals surface area (Å²) in [7, 11) is 0. The molecule has 0 unspecified atom stereocenters. The van der Waals surface area contributed by atoms with Gasteiger partial charge in [0.25, 0.3) is 0 Å². The molecule has 0 spiro atoms. The van der Waals surface area contributed by atoms with Crippen molar-refractivity contribution in [2.45, 2.75) is 83.5 Å². The molecular formula is C28H33F3O2. The van der Waals surface area contributed by atoms with Gasteiger partial charge in [-0.2, -0.15) is 0 Å². The summed E-state index contributed by atoms with van der Waals surface area (Å²) < 4.78 is 49.4. The SMILES string of the molecule is CCc1ccc(OC(=O)C2CCC(c3ccc(C4CCC(C)CC4)c(F)c3F)CC2)c(F)c1. The van der Waals surface area contributed by atoms with Crippen molar-refractivity contribution in [3.05, 3.63) is 64.5 Å². The van der Waals surface area contributed by atoms with Gasteiger partial charge in [0, 0.05) is 0 Å². The number of aryl methyl sites for hydroxylation is 1. The van der Waals surface area contributed by atoms with Gasteiger partial charge in [0.15, 0.2) is 23.2 Å². The number of benzene rings is 2. The van der Waals surface area contributed by atoms with Crippen LogP contribution in [0.4, 0.5) is 13.2 Å². The van der Waals surface area contributed by atoms with Gasteiger partial charge >= 0.3 is 5.97 Å².